The van der Waals surface area contributed by atoms with Crippen molar-refractivity contribution in [2.75, 3.05) is 19.0 Å². The Morgan fingerprint density at radius 3 is 2.64 bits per heavy atom. The quantitative estimate of drug-likeness (QED) is 0.468. The molecule has 8 nitrogen and oxygen atoms in total. The number of hydrogen-bond donors (Lipinski definition) is 1. The first-order chi connectivity index (χ1) is 15.6. The number of nitrogens with one attached hydrogen (secondary N) is 1. The molecular formula is C22H26F3N5O3. The zero-order valence-electron chi connectivity index (χ0n) is 18.9. The van der Waals surface area contributed by atoms with Crippen molar-refractivity contribution in [1.29, 1.82) is 0 Å². The summed E-state index contributed by atoms with van der Waals surface area (Å²) in [5, 5.41) is 6.37. The number of nitrogens with zero attached hydrogens (tertiary/aromatic N) is 4. The van der Waals surface area contributed by atoms with Gasteiger partial charge in [-0.1, -0.05) is 13.3 Å². The van der Waals surface area contributed by atoms with E-state index >= 15 is 0 Å². The maximum absolute atomic E-state index is 13.0. The molecule has 1 amide bonds. The SMILES string of the molecule is CCCCOc1ccc(OC)cc1NC(=O)CCc1c(C)nc2nc(C(F)(F)F)nn2c1C. The van der Waals surface area contributed by atoms with Gasteiger partial charge in [0.25, 0.3) is 11.6 Å². The average Bonchev–Trinajstić information content (AvgIpc) is 3.19. The van der Waals surface area contributed by atoms with Crippen molar-refractivity contribution in [2.45, 2.75) is 52.6 Å². The number of aryl methyl sites for hydroxylation is 2. The molecule has 3 rings (SSSR count). The molecule has 3 aromatic rings. The number of fused-ring (bicyclic) bond motifs is 1. The molecule has 33 heavy (non-hydrogen) atoms. The van der Waals surface area contributed by atoms with Gasteiger partial charge in [0.2, 0.25) is 5.91 Å². The maximum atomic E-state index is 13.0. The van der Waals surface area contributed by atoms with Crippen molar-refractivity contribution in [3.63, 3.8) is 0 Å². The lowest BCUT2D eigenvalue weighted by molar-refractivity contribution is -0.144. The molecule has 0 aliphatic carbocycles. The van der Waals surface area contributed by atoms with Crippen molar-refractivity contribution in [2.24, 2.45) is 0 Å². The van der Waals surface area contributed by atoms with Crippen molar-refractivity contribution in [1.82, 2.24) is 19.6 Å². The van der Waals surface area contributed by atoms with E-state index in [0.29, 0.717) is 40.7 Å². The van der Waals surface area contributed by atoms with Crippen molar-refractivity contribution in [3.05, 3.63) is 41.0 Å². The van der Waals surface area contributed by atoms with E-state index < -0.39 is 12.0 Å². The van der Waals surface area contributed by atoms with E-state index in [0.717, 1.165) is 17.4 Å². The Morgan fingerprint density at radius 1 is 1.21 bits per heavy atom. The Morgan fingerprint density at radius 2 is 1.97 bits per heavy atom. The van der Waals surface area contributed by atoms with Crippen LogP contribution in [0, 0.1) is 13.8 Å². The highest BCUT2D eigenvalue weighted by Gasteiger charge is 2.37. The molecule has 178 valence electrons. The van der Waals surface area contributed by atoms with Gasteiger partial charge in [0.15, 0.2) is 0 Å². The minimum absolute atomic E-state index is 0.0846. The lowest BCUT2D eigenvalue weighted by Gasteiger charge is -2.14. The minimum Gasteiger partial charge on any atom is -0.497 e. The van der Waals surface area contributed by atoms with Crippen LogP contribution in [0.4, 0.5) is 18.9 Å². The third kappa shape index (κ3) is 5.71. The summed E-state index contributed by atoms with van der Waals surface area (Å²) in [4.78, 5) is 20.3. The number of unbranched alkanes of at least 4 members (excludes halogenated alkanes) is 1. The molecule has 0 unspecified atom stereocenters. The predicted molar refractivity (Wildman–Crippen MR) is 116 cm³/mol. The third-order valence-electron chi connectivity index (χ3n) is 5.12. The lowest BCUT2D eigenvalue weighted by Crippen LogP contribution is -2.15. The summed E-state index contributed by atoms with van der Waals surface area (Å²) in [6.45, 7) is 5.88. The number of alkyl halides is 3. The second-order valence-corrected chi connectivity index (χ2v) is 7.52. The molecule has 0 radical (unpaired) electrons. The first-order valence-electron chi connectivity index (χ1n) is 10.5. The van der Waals surface area contributed by atoms with Crippen LogP contribution in [0.1, 0.15) is 49.0 Å². The van der Waals surface area contributed by atoms with Gasteiger partial charge in [-0.2, -0.15) is 18.2 Å². The molecule has 0 atom stereocenters. The van der Waals surface area contributed by atoms with Crippen LogP contribution in [-0.2, 0) is 17.4 Å². The summed E-state index contributed by atoms with van der Waals surface area (Å²) in [6.07, 6.45) is -2.45. The number of halogens is 3. The number of methoxy groups -OCH3 is 1. The van der Waals surface area contributed by atoms with E-state index in [1.54, 1.807) is 32.0 Å². The Labute approximate surface area is 189 Å². The van der Waals surface area contributed by atoms with E-state index in [2.05, 4.69) is 27.3 Å². The predicted octanol–water partition coefficient (Wildman–Crippen LogP) is 4.52. The van der Waals surface area contributed by atoms with Gasteiger partial charge in [-0.05, 0) is 44.4 Å². The summed E-state index contributed by atoms with van der Waals surface area (Å²) in [6, 6.07) is 5.16. The molecule has 0 spiro atoms. The topological polar surface area (TPSA) is 90.6 Å². The van der Waals surface area contributed by atoms with Crippen LogP contribution in [0.3, 0.4) is 0 Å². The van der Waals surface area contributed by atoms with E-state index in [1.807, 2.05) is 0 Å². The standard InChI is InChI=1S/C22H26F3N5O3/c1-5-6-11-33-18-9-7-15(32-4)12-17(18)27-19(31)10-8-16-13(2)26-21-28-20(22(23,24)25)29-30(21)14(16)3/h7,9,12H,5-6,8,10-11H2,1-4H3,(H,27,31). The Hall–Kier alpha value is -3.37. The first-order valence-corrected chi connectivity index (χ1v) is 10.5. The second kappa shape index (κ2) is 10.1. The fourth-order valence-corrected chi connectivity index (χ4v) is 3.33. The average molecular weight is 465 g/mol. The number of carbonyl (C=O) groups is 1. The molecule has 2 heterocycles. The molecule has 11 heteroatoms. The van der Waals surface area contributed by atoms with Gasteiger partial charge >= 0.3 is 6.18 Å². The first kappa shape index (κ1) is 24.3. The highest BCUT2D eigenvalue weighted by atomic mass is 19.4. The van der Waals surface area contributed by atoms with Gasteiger partial charge in [0.05, 0.1) is 19.4 Å². The monoisotopic (exact) mass is 465 g/mol. The van der Waals surface area contributed by atoms with E-state index in [-0.39, 0.29) is 24.5 Å². The molecule has 0 aliphatic rings. The number of anilines is 1. The van der Waals surface area contributed by atoms with Crippen LogP contribution in [0.25, 0.3) is 5.78 Å². The van der Waals surface area contributed by atoms with Crippen molar-refractivity contribution >= 4 is 17.4 Å². The fourth-order valence-electron chi connectivity index (χ4n) is 3.33. The fraction of sp³-hybridized carbons (Fsp3) is 0.455. The molecule has 0 saturated carbocycles. The molecule has 0 saturated heterocycles. The smallest absolute Gasteiger partial charge is 0.453 e. The van der Waals surface area contributed by atoms with Crippen LogP contribution in [0.15, 0.2) is 18.2 Å². The molecular weight excluding hydrogens is 439 g/mol. The summed E-state index contributed by atoms with van der Waals surface area (Å²) >= 11 is 0. The molecule has 1 N–H and O–H groups in total. The van der Waals surface area contributed by atoms with E-state index in [9.17, 15) is 18.0 Å². The number of benzene rings is 1. The van der Waals surface area contributed by atoms with E-state index in [4.69, 9.17) is 9.47 Å². The number of rotatable bonds is 9. The van der Waals surface area contributed by atoms with E-state index in [1.165, 1.54) is 7.11 Å². The minimum atomic E-state index is -4.66. The van der Waals surface area contributed by atoms with Crippen molar-refractivity contribution < 1.29 is 27.4 Å². The number of hydrogen-bond acceptors (Lipinski definition) is 6. The Balaban J connectivity index is 1.76. The highest BCUT2D eigenvalue weighted by molar-refractivity contribution is 5.92. The van der Waals surface area contributed by atoms with Gasteiger partial charge in [-0.3, -0.25) is 4.79 Å². The van der Waals surface area contributed by atoms with Gasteiger partial charge in [-0.25, -0.2) is 9.50 Å². The summed E-state index contributed by atoms with van der Waals surface area (Å²) in [7, 11) is 1.53. The third-order valence-corrected chi connectivity index (χ3v) is 5.12. The van der Waals surface area contributed by atoms with Crippen molar-refractivity contribution in [3.8, 4) is 11.5 Å². The maximum Gasteiger partial charge on any atom is 0.453 e. The Kier molecular flexibility index (Phi) is 7.39. The zero-order valence-corrected chi connectivity index (χ0v) is 18.9. The molecule has 0 bridgehead atoms. The number of ether oxygens (including phenoxy) is 2. The van der Waals surface area contributed by atoms with Gasteiger partial charge < -0.3 is 14.8 Å². The summed E-state index contributed by atoms with van der Waals surface area (Å²) in [5.74, 6) is -0.551. The Bertz CT molecular complexity index is 1140. The molecule has 0 aliphatic heterocycles. The van der Waals surface area contributed by atoms with Crippen LogP contribution in [0.2, 0.25) is 0 Å². The molecule has 0 fully saturated rings. The lowest BCUT2D eigenvalue weighted by atomic mass is 10.1. The summed E-state index contributed by atoms with van der Waals surface area (Å²) in [5.41, 5.74) is 2.09. The largest absolute Gasteiger partial charge is 0.497 e. The van der Waals surface area contributed by atoms with Gasteiger partial charge in [0.1, 0.15) is 11.5 Å². The second-order valence-electron chi connectivity index (χ2n) is 7.52. The van der Waals surface area contributed by atoms with Gasteiger partial charge in [0, 0.05) is 23.9 Å². The number of aromatic nitrogens is 4. The highest BCUT2D eigenvalue weighted by Crippen LogP contribution is 2.30. The number of amides is 1. The summed E-state index contributed by atoms with van der Waals surface area (Å²) < 4.78 is 51.0. The van der Waals surface area contributed by atoms with Crippen LogP contribution in [0.5, 0.6) is 11.5 Å². The van der Waals surface area contributed by atoms with Crippen LogP contribution in [-0.4, -0.2) is 39.2 Å². The van der Waals surface area contributed by atoms with Crippen LogP contribution >= 0.6 is 0 Å². The van der Waals surface area contributed by atoms with Gasteiger partial charge in [-0.15, -0.1) is 5.10 Å². The molecule has 2 aromatic heterocycles. The molecule has 1 aromatic carbocycles. The zero-order chi connectivity index (χ0) is 24.2. The van der Waals surface area contributed by atoms with Crippen LogP contribution < -0.4 is 14.8 Å². The normalized spacial score (nSPS) is 11.6. The number of carbonyl (C=O) groups excluding carboxylic acids is 1.